The molecule has 37 heavy (non-hydrogen) atoms. The molecule has 2 amide bonds. The lowest BCUT2D eigenvalue weighted by molar-refractivity contribution is -0.117. The number of carbonyl (C=O) groups excluding carboxylic acids is 2. The van der Waals surface area contributed by atoms with Crippen molar-refractivity contribution in [2.24, 2.45) is 10.2 Å². The molecule has 2 aromatic carbocycles. The number of rotatable bonds is 10. The van der Waals surface area contributed by atoms with Crippen LogP contribution >= 0.6 is 0 Å². The summed E-state index contributed by atoms with van der Waals surface area (Å²) in [7, 11) is 0. The first kappa shape index (κ1) is 27.5. The maximum Gasteiger partial charge on any atom is 0.271 e. The van der Waals surface area contributed by atoms with Crippen molar-refractivity contribution in [3.8, 4) is 0 Å². The van der Waals surface area contributed by atoms with E-state index < -0.39 is 0 Å². The molecule has 0 aliphatic heterocycles. The molecule has 1 aliphatic carbocycles. The Morgan fingerprint density at radius 1 is 0.892 bits per heavy atom. The van der Waals surface area contributed by atoms with Crippen LogP contribution in [-0.2, 0) is 4.79 Å². The van der Waals surface area contributed by atoms with Gasteiger partial charge in [-0.15, -0.1) is 0 Å². The van der Waals surface area contributed by atoms with Crippen molar-refractivity contribution in [3.63, 3.8) is 0 Å². The van der Waals surface area contributed by atoms with Crippen LogP contribution in [0.25, 0.3) is 0 Å². The van der Waals surface area contributed by atoms with Gasteiger partial charge in [0.05, 0.1) is 12.4 Å². The molecule has 0 aromatic heterocycles. The summed E-state index contributed by atoms with van der Waals surface area (Å²) in [6.07, 6.45) is 9.62. The zero-order chi connectivity index (χ0) is 26.8. The van der Waals surface area contributed by atoms with E-state index in [1.807, 2.05) is 54.6 Å². The summed E-state index contributed by atoms with van der Waals surface area (Å²) in [5, 5.41) is 14.9. The molecular weight excluding hydrogens is 464 g/mol. The molecule has 0 fully saturated rings. The lowest BCUT2D eigenvalue weighted by Crippen LogP contribution is -2.45. The van der Waals surface area contributed by atoms with Crippen molar-refractivity contribution in [3.05, 3.63) is 89.0 Å². The van der Waals surface area contributed by atoms with E-state index in [2.05, 4.69) is 66.3 Å². The largest absolute Gasteiger partial charge is 0.383 e. The second-order valence-electron chi connectivity index (χ2n) is 9.86. The van der Waals surface area contributed by atoms with Crippen molar-refractivity contribution < 1.29 is 9.59 Å². The highest BCUT2D eigenvalue weighted by molar-refractivity contribution is 5.97. The van der Waals surface area contributed by atoms with Crippen LogP contribution in [-0.4, -0.2) is 41.9 Å². The van der Waals surface area contributed by atoms with E-state index in [1.54, 1.807) is 24.6 Å². The number of anilines is 1. The van der Waals surface area contributed by atoms with Crippen molar-refractivity contribution in [2.75, 3.05) is 5.32 Å². The minimum Gasteiger partial charge on any atom is -0.383 e. The first-order chi connectivity index (χ1) is 17.6. The van der Waals surface area contributed by atoms with Gasteiger partial charge >= 0.3 is 0 Å². The number of nitrogens with zero attached hydrogens (tertiary/aromatic N) is 2. The lowest BCUT2D eigenvalue weighted by atomic mass is 9.89. The molecule has 0 spiro atoms. The van der Waals surface area contributed by atoms with Gasteiger partial charge < -0.3 is 10.6 Å². The van der Waals surface area contributed by atoms with E-state index in [1.165, 1.54) is 0 Å². The fraction of sp³-hybridized carbons (Fsp3) is 0.310. The van der Waals surface area contributed by atoms with Gasteiger partial charge in [-0.05, 0) is 68.7 Å². The van der Waals surface area contributed by atoms with Gasteiger partial charge in [-0.25, -0.2) is 10.9 Å². The monoisotopic (exact) mass is 500 g/mol. The molecule has 1 aliphatic rings. The van der Waals surface area contributed by atoms with E-state index in [0.29, 0.717) is 23.2 Å². The third-order valence-corrected chi connectivity index (χ3v) is 5.53. The first-order valence-electron chi connectivity index (χ1n) is 12.4. The Balaban J connectivity index is 1.50. The maximum absolute atomic E-state index is 12.4. The van der Waals surface area contributed by atoms with Crippen molar-refractivity contribution in [2.45, 2.75) is 58.7 Å². The molecule has 194 valence electrons. The Labute approximate surface area is 219 Å². The Hall–Kier alpha value is -4.04. The second-order valence-corrected chi connectivity index (χ2v) is 9.86. The molecular formula is C29H36N6O2. The summed E-state index contributed by atoms with van der Waals surface area (Å²) < 4.78 is 0. The van der Waals surface area contributed by atoms with Crippen LogP contribution in [0, 0.1) is 0 Å². The van der Waals surface area contributed by atoms with Gasteiger partial charge in [0.1, 0.15) is 0 Å². The Morgan fingerprint density at radius 3 is 2.05 bits per heavy atom. The van der Waals surface area contributed by atoms with Gasteiger partial charge in [-0.1, -0.05) is 50.3 Å². The van der Waals surface area contributed by atoms with Crippen LogP contribution in [0.4, 0.5) is 5.69 Å². The van der Waals surface area contributed by atoms with Gasteiger partial charge in [0, 0.05) is 34.4 Å². The zero-order valence-corrected chi connectivity index (χ0v) is 22.1. The van der Waals surface area contributed by atoms with Crippen molar-refractivity contribution >= 4 is 29.9 Å². The van der Waals surface area contributed by atoms with E-state index in [4.69, 9.17) is 0 Å². The quantitative estimate of drug-likeness (QED) is 0.287. The van der Waals surface area contributed by atoms with Crippen molar-refractivity contribution in [1.82, 2.24) is 16.2 Å². The number of hydrogen-bond acceptors (Lipinski definition) is 6. The first-order valence-corrected chi connectivity index (χ1v) is 12.4. The van der Waals surface area contributed by atoms with Gasteiger partial charge in [-0.3, -0.25) is 9.59 Å². The highest BCUT2D eigenvalue weighted by atomic mass is 16.2. The molecule has 0 bridgehead atoms. The van der Waals surface area contributed by atoms with E-state index >= 15 is 0 Å². The van der Waals surface area contributed by atoms with Gasteiger partial charge in [0.15, 0.2) is 0 Å². The molecule has 0 saturated heterocycles. The zero-order valence-electron chi connectivity index (χ0n) is 22.1. The highest BCUT2D eigenvalue weighted by Gasteiger charge is 2.24. The summed E-state index contributed by atoms with van der Waals surface area (Å²) in [6.45, 7) is 10.4. The van der Waals surface area contributed by atoms with E-state index in [-0.39, 0.29) is 17.4 Å². The molecule has 0 saturated carbocycles. The average molecular weight is 501 g/mol. The SMILES string of the molecule is CC(C)Nc1ccc(C(=O)N/N=C/c2cccc(/C=N/NC(=O)C3=CCC(C)(NC(C)C)C=C3)c2)cc1. The standard InChI is InChI=1S/C29H36N6O2/c1-20(2)32-26-11-9-24(10-12-26)27(36)34-30-18-22-7-6-8-23(17-22)19-31-35-28(37)25-13-15-29(5,16-14-25)33-21(3)4/h6-15,17-21,32-33H,16H2,1-5H3,(H,34,36)(H,35,37)/b30-18+,31-19+. The Bertz CT molecular complexity index is 1210. The summed E-state index contributed by atoms with van der Waals surface area (Å²) in [6, 6.07) is 15.3. The van der Waals surface area contributed by atoms with Gasteiger partial charge in [-0.2, -0.15) is 10.2 Å². The molecule has 1 atom stereocenters. The van der Waals surface area contributed by atoms with Crippen LogP contribution in [0.15, 0.2) is 82.5 Å². The molecule has 8 nitrogen and oxygen atoms in total. The summed E-state index contributed by atoms with van der Waals surface area (Å²) in [5.74, 6) is -0.549. The van der Waals surface area contributed by atoms with Crippen LogP contribution in [0.3, 0.4) is 0 Å². The lowest BCUT2D eigenvalue weighted by Gasteiger charge is -2.31. The van der Waals surface area contributed by atoms with Crippen LogP contribution < -0.4 is 21.5 Å². The summed E-state index contributed by atoms with van der Waals surface area (Å²) in [4.78, 5) is 24.8. The molecule has 3 rings (SSSR count). The number of hydrogen-bond donors (Lipinski definition) is 4. The average Bonchev–Trinajstić information content (AvgIpc) is 2.84. The smallest absolute Gasteiger partial charge is 0.271 e. The Morgan fingerprint density at radius 2 is 1.51 bits per heavy atom. The van der Waals surface area contributed by atoms with E-state index in [0.717, 1.165) is 23.2 Å². The number of hydrazone groups is 2. The predicted molar refractivity (Wildman–Crippen MR) is 151 cm³/mol. The third-order valence-electron chi connectivity index (χ3n) is 5.53. The third kappa shape index (κ3) is 8.84. The van der Waals surface area contributed by atoms with Gasteiger partial charge in [0.2, 0.25) is 0 Å². The normalized spacial score (nSPS) is 17.4. The molecule has 2 aromatic rings. The fourth-order valence-corrected chi connectivity index (χ4v) is 3.90. The van der Waals surface area contributed by atoms with Crippen LogP contribution in [0.1, 0.15) is 62.5 Å². The summed E-state index contributed by atoms with van der Waals surface area (Å²) >= 11 is 0. The molecule has 1 unspecified atom stereocenters. The summed E-state index contributed by atoms with van der Waals surface area (Å²) in [5.41, 5.74) is 8.59. The number of carbonyl (C=O) groups is 2. The minimum atomic E-state index is -0.292. The number of benzene rings is 2. The predicted octanol–water partition coefficient (Wildman–Crippen LogP) is 4.36. The molecule has 0 radical (unpaired) electrons. The maximum atomic E-state index is 12.4. The second kappa shape index (κ2) is 12.8. The molecule has 0 heterocycles. The topological polar surface area (TPSA) is 107 Å². The van der Waals surface area contributed by atoms with Gasteiger partial charge in [0.25, 0.3) is 11.8 Å². The Kier molecular flexibility index (Phi) is 9.51. The minimum absolute atomic E-state index is 0.155. The number of nitrogens with one attached hydrogen (secondary N) is 4. The van der Waals surface area contributed by atoms with Crippen molar-refractivity contribution in [1.29, 1.82) is 0 Å². The number of amides is 2. The molecule has 4 N–H and O–H groups in total. The van der Waals surface area contributed by atoms with Crippen LogP contribution in [0.2, 0.25) is 0 Å². The fourth-order valence-electron chi connectivity index (χ4n) is 3.90. The van der Waals surface area contributed by atoms with Crippen LogP contribution in [0.5, 0.6) is 0 Å². The highest BCUT2D eigenvalue weighted by Crippen LogP contribution is 2.21. The molecule has 8 heteroatoms. The van der Waals surface area contributed by atoms with E-state index in [9.17, 15) is 9.59 Å².